The molecule has 140 valence electrons. The Morgan fingerprint density at radius 1 is 0.958 bits per heavy atom. The Bertz CT molecular complexity index is 462. The number of esters is 1. The van der Waals surface area contributed by atoms with Crippen molar-refractivity contribution in [2.75, 3.05) is 18.5 Å². The Labute approximate surface area is 156 Å². The molecule has 1 atom stereocenters. The molecule has 1 heterocycles. The average molecular weight is 419 g/mol. The molecule has 0 spiro atoms. The molecule has 0 bridgehead atoms. The number of hydrogen-bond acceptors (Lipinski definition) is 2. The van der Waals surface area contributed by atoms with Gasteiger partial charge in [0.05, 0.1) is 0 Å². The van der Waals surface area contributed by atoms with Gasteiger partial charge in [-0.1, -0.05) is 0 Å². The van der Waals surface area contributed by atoms with Crippen molar-refractivity contribution >= 4 is 26.8 Å². The quantitative estimate of drug-likeness (QED) is 0.281. The van der Waals surface area contributed by atoms with Crippen LogP contribution in [0.1, 0.15) is 85.0 Å². The van der Waals surface area contributed by atoms with Crippen molar-refractivity contribution in [1.82, 2.24) is 0 Å². The Kier molecular flexibility index (Phi) is 7.38. The van der Waals surface area contributed by atoms with Crippen molar-refractivity contribution in [2.24, 2.45) is 0 Å². The number of ether oxygens (including phenoxy) is 1. The van der Waals surface area contributed by atoms with Gasteiger partial charge < -0.3 is 0 Å². The number of rotatable bonds is 10. The molecule has 2 aliphatic rings. The van der Waals surface area contributed by atoms with Crippen LogP contribution < -0.4 is 0 Å². The zero-order valence-corrected chi connectivity index (χ0v) is 18.4. The van der Waals surface area contributed by atoms with E-state index in [9.17, 15) is 4.79 Å². The molecule has 2 rings (SSSR count). The van der Waals surface area contributed by atoms with Crippen molar-refractivity contribution in [3.63, 3.8) is 0 Å². The first-order valence-corrected chi connectivity index (χ1v) is 15.0. The van der Waals surface area contributed by atoms with Gasteiger partial charge in [0.2, 0.25) is 0 Å². The van der Waals surface area contributed by atoms with Gasteiger partial charge >= 0.3 is 157 Å². The number of halogens is 1. The van der Waals surface area contributed by atoms with Crippen LogP contribution in [0.2, 0.25) is 0 Å². The standard InChI is InChI=1S/C20H36BrO2P/c1-4-7-14-24(21,15-8-5-2,16-9-6-3)20-18-13-11-10-12-17(18)19(22)23-20/h20H,4-16H2,1-3H3. The second kappa shape index (κ2) is 8.67. The van der Waals surface area contributed by atoms with Crippen LogP contribution in [-0.4, -0.2) is 30.3 Å². The molecule has 0 saturated carbocycles. The predicted molar refractivity (Wildman–Crippen MR) is 111 cm³/mol. The van der Waals surface area contributed by atoms with E-state index in [0.717, 1.165) is 24.8 Å². The van der Waals surface area contributed by atoms with Crippen molar-refractivity contribution in [3.8, 4) is 0 Å². The third kappa shape index (κ3) is 4.09. The molecule has 0 aromatic carbocycles. The van der Waals surface area contributed by atoms with Crippen LogP contribution in [0.15, 0.2) is 11.1 Å². The van der Waals surface area contributed by atoms with Gasteiger partial charge in [-0.25, -0.2) is 0 Å². The molecule has 0 radical (unpaired) electrons. The van der Waals surface area contributed by atoms with Crippen LogP contribution >= 0.6 is 20.8 Å². The first-order valence-electron chi connectivity index (χ1n) is 10.1. The first kappa shape index (κ1) is 20.4. The van der Waals surface area contributed by atoms with E-state index in [1.165, 1.54) is 69.0 Å². The summed E-state index contributed by atoms with van der Waals surface area (Å²) >= 11 is 4.43. The summed E-state index contributed by atoms with van der Waals surface area (Å²) in [6.07, 6.45) is 15.5. The first-order chi connectivity index (χ1) is 11.5. The van der Waals surface area contributed by atoms with E-state index >= 15 is 0 Å². The van der Waals surface area contributed by atoms with Gasteiger partial charge in [-0.05, 0) is 0 Å². The van der Waals surface area contributed by atoms with Gasteiger partial charge in [-0.2, -0.15) is 0 Å². The van der Waals surface area contributed by atoms with Crippen molar-refractivity contribution in [1.29, 1.82) is 0 Å². The van der Waals surface area contributed by atoms with E-state index in [4.69, 9.17) is 4.74 Å². The van der Waals surface area contributed by atoms with Gasteiger partial charge in [0.15, 0.2) is 0 Å². The summed E-state index contributed by atoms with van der Waals surface area (Å²) in [5.41, 5.74) is 2.44. The summed E-state index contributed by atoms with van der Waals surface area (Å²) in [5.74, 6) is 0.0936. The van der Waals surface area contributed by atoms with E-state index in [1.807, 2.05) is 0 Å². The summed E-state index contributed by atoms with van der Waals surface area (Å²) < 4.78 is 6.17. The molecule has 0 N–H and O–H groups in total. The SMILES string of the molecule is CCCCP(Br)(CCCC)(CCCC)C1OC(=O)C2=C1CCCC2. The third-order valence-corrected chi connectivity index (χ3v) is 16.0. The van der Waals surface area contributed by atoms with Crippen LogP contribution in [0.5, 0.6) is 0 Å². The van der Waals surface area contributed by atoms with Gasteiger partial charge in [0.25, 0.3) is 0 Å². The van der Waals surface area contributed by atoms with Crippen LogP contribution in [-0.2, 0) is 9.53 Å². The van der Waals surface area contributed by atoms with Crippen LogP contribution in [0.4, 0.5) is 0 Å². The third-order valence-electron chi connectivity index (χ3n) is 5.98. The summed E-state index contributed by atoms with van der Waals surface area (Å²) in [6, 6.07) is 0. The van der Waals surface area contributed by atoms with Crippen molar-refractivity contribution in [2.45, 2.75) is 90.8 Å². The Hall–Kier alpha value is 0.120. The number of unbranched alkanes of at least 4 members (excludes halogenated alkanes) is 3. The molecule has 1 unspecified atom stereocenters. The minimum atomic E-state index is -2.26. The molecule has 0 aromatic heterocycles. The summed E-state index contributed by atoms with van der Waals surface area (Å²) in [5, 5.41) is -2.26. The zero-order valence-electron chi connectivity index (χ0n) is 15.9. The molecule has 0 amide bonds. The molecule has 4 heteroatoms. The van der Waals surface area contributed by atoms with E-state index in [0.29, 0.717) is 0 Å². The fraction of sp³-hybridized carbons (Fsp3) is 0.850. The molecule has 24 heavy (non-hydrogen) atoms. The minimum absolute atomic E-state index is 0.00708. The normalized spacial score (nSPS) is 22.9. The molecule has 0 aromatic rings. The van der Waals surface area contributed by atoms with Gasteiger partial charge in [0, 0.05) is 0 Å². The molecule has 1 aliphatic carbocycles. The number of hydrogen-bond donors (Lipinski definition) is 0. The monoisotopic (exact) mass is 418 g/mol. The van der Waals surface area contributed by atoms with Crippen LogP contribution in [0, 0.1) is 0 Å². The molecule has 0 fully saturated rings. The maximum atomic E-state index is 12.5. The van der Waals surface area contributed by atoms with E-state index in [2.05, 4.69) is 36.3 Å². The van der Waals surface area contributed by atoms with Gasteiger partial charge in [-0.3, -0.25) is 0 Å². The van der Waals surface area contributed by atoms with Gasteiger partial charge in [-0.15, -0.1) is 0 Å². The van der Waals surface area contributed by atoms with Crippen molar-refractivity contribution in [3.05, 3.63) is 11.1 Å². The summed E-state index contributed by atoms with van der Waals surface area (Å²) in [4.78, 5) is 12.5. The van der Waals surface area contributed by atoms with E-state index in [1.54, 1.807) is 0 Å². The Morgan fingerprint density at radius 2 is 1.46 bits per heavy atom. The average Bonchev–Trinajstić information content (AvgIpc) is 2.95. The number of carbonyl (C=O) groups is 1. The number of cyclic esters (lactones) is 1. The fourth-order valence-electron chi connectivity index (χ4n) is 4.48. The zero-order chi connectivity index (χ0) is 17.7. The van der Waals surface area contributed by atoms with E-state index in [-0.39, 0.29) is 11.8 Å². The predicted octanol–water partition coefficient (Wildman–Crippen LogP) is 7.00. The summed E-state index contributed by atoms with van der Waals surface area (Å²) in [7, 11) is 0. The van der Waals surface area contributed by atoms with Crippen LogP contribution in [0.25, 0.3) is 0 Å². The molecule has 1 aliphatic heterocycles. The Balaban J connectivity index is 2.42. The topological polar surface area (TPSA) is 26.3 Å². The molecule has 0 saturated heterocycles. The van der Waals surface area contributed by atoms with Crippen LogP contribution in [0.3, 0.4) is 0 Å². The molecular weight excluding hydrogens is 383 g/mol. The van der Waals surface area contributed by atoms with Gasteiger partial charge in [0.1, 0.15) is 0 Å². The Morgan fingerprint density at radius 3 is 1.96 bits per heavy atom. The second-order valence-corrected chi connectivity index (χ2v) is 18.8. The molecular formula is C20H36BrO2P. The maximum absolute atomic E-state index is 12.5. The van der Waals surface area contributed by atoms with E-state index < -0.39 is 5.31 Å². The second-order valence-electron chi connectivity index (χ2n) is 7.87. The fourth-order valence-corrected chi connectivity index (χ4v) is 13.7. The molecule has 2 nitrogen and oxygen atoms in total. The van der Waals surface area contributed by atoms with Crippen molar-refractivity contribution < 1.29 is 9.53 Å². The number of carbonyl (C=O) groups excluding carboxylic acids is 1. The summed E-state index contributed by atoms with van der Waals surface area (Å²) in [6.45, 7) is 6.83.